The highest BCUT2D eigenvalue weighted by Crippen LogP contribution is 2.45. The van der Waals surface area contributed by atoms with Crippen LogP contribution in [-0.2, 0) is 33.3 Å². The molecule has 1 aliphatic heterocycles. The molecule has 11 nitrogen and oxygen atoms in total. The molecule has 0 aromatic rings. The van der Waals surface area contributed by atoms with Crippen LogP contribution in [0.25, 0.3) is 0 Å². The molecule has 1 heterocycles. The van der Waals surface area contributed by atoms with Crippen LogP contribution in [0.2, 0.25) is 0 Å². The van der Waals surface area contributed by atoms with Crippen molar-refractivity contribution in [3.05, 3.63) is 23.8 Å². The van der Waals surface area contributed by atoms with Crippen LogP contribution in [0.5, 0.6) is 0 Å². The molecule has 0 saturated carbocycles. The van der Waals surface area contributed by atoms with Gasteiger partial charge in [0.15, 0.2) is 0 Å². The van der Waals surface area contributed by atoms with Crippen molar-refractivity contribution in [3.63, 3.8) is 0 Å². The van der Waals surface area contributed by atoms with Gasteiger partial charge in [-0.3, -0.25) is 9.59 Å². The summed E-state index contributed by atoms with van der Waals surface area (Å²) in [7, 11) is 0. The third-order valence-electron chi connectivity index (χ3n) is 8.22. The number of alkyl carbamates (subject to hydrolysis) is 1. The smallest absolute Gasteiger partial charge is 0.407 e. The minimum Gasteiger partial charge on any atom is -0.462 e. The van der Waals surface area contributed by atoms with Gasteiger partial charge in [-0.15, -0.1) is 0 Å². The summed E-state index contributed by atoms with van der Waals surface area (Å²) in [6.45, 7) is 13.2. The Morgan fingerprint density at radius 1 is 1.00 bits per heavy atom. The lowest BCUT2D eigenvalue weighted by atomic mass is 9.65. The number of hydrogen-bond acceptors (Lipinski definition) is 9. The Bertz CT molecular complexity index is 992. The van der Waals surface area contributed by atoms with E-state index < -0.39 is 12.2 Å². The third-order valence-corrected chi connectivity index (χ3v) is 8.22. The number of fused-ring (bicyclic) bond motifs is 1. The fourth-order valence-electron chi connectivity index (χ4n) is 6.06. The highest BCUT2D eigenvalue weighted by Gasteiger charge is 2.42. The van der Waals surface area contributed by atoms with Gasteiger partial charge in [0.2, 0.25) is 5.91 Å². The van der Waals surface area contributed by atoms with Crippen molar-refractivity contribution in [2.75, 3.05) is 52.7 Å². The Balaban J connectivity index is 1.31. The van der Waals surface area contributed by atoms with E-state index in [0.29, 0.717) is 59.0 Å². The molecule has 0 aromatic carbocycles. The first kappa shape index (κ1) is 36.0. The largest absolute Gasteiger partial charge is 0.462 e. The highest BCUT2D eigenvalue weighted by atomic mass is 16.6. The fraction of sp³-hybridized carbons (Fsp3) is 0.788. The summed E-state index contributed by atoms with van der Waals surface area (Å²) in [5, 5.41) is 15.6. The Hall–Kier alpha value is -2.47. The predicted molar refractivity (Wildman–Crippen MR) is 165 cm³/mol. The molecular weight excluding hydrogens is 568 g/mol. The zero-order valence-corrected chi connectivity index (χ0v) is 27.2. The van der Waals surface area contributed by atoms with Gasteiger partial charge in [-0.2, -0.15) is 0 Å². The molecule has 3 aliphatic rings. The van der Waals surface area contributed by atoms with E-state index >= 15 is 0 Å². The number of aliphatic hydroxyl groups excluding tert-OH is 1. The topological polar surface area (TPSA) is 142 Å². The molecule has 250 valence electrons. The SMILES string of the molecule is C[C@H]1C=C2C=C[C@H](C)[C@H](CC[C@H]3C[C@H](O)CC(=O)O3)[C@H]2[C@@H](OC(=O)NCCOCCOCCOCC(=O)NCC(C)(C)C)C1. The molecule has 2 amide bonds. The monoisotopic (exact) mass is 622 g/mol. The number of amides is 2. The highest BCUT2D eigenvalue weighted by molar-refractivity contribution is 5.77. The van der Waals surface area contributed by atoms with Gasteiger partial charge >= 0.3 is 12.1 Å². The van der Waals surface area contributed by atoms with Crippen LogP contribution < -0.4 is 10.6 Å². The second-order valence-corrected chi connectivity index (χ2v) is 13.6. The van der Waals surface area contributed by atoms with Crippen LogP contribution in [0.3, 0.4) is 0 Å². The Morgan fingerprint density at radius 2 is 1.70 bits per heavy atom. The Labute approximate surface area is 262 Å². The summed E-state index contributed by atoms with van der Waals surface area (Å²) in [4.78, 5) is 36.3. The normalized spacial score (nSPS) is 28.5. The number of ether oxygens (including phenoxy) is 5. The van der Waals surface area contributed by atoms with Gasteiger partial charge in [0.05, 0.1) is 45.6 Å². The van der Waals surface area contributed by atoms with Crippen molar-refractivity contribution in [1.29, 1.82) is 0 Å². The summed E-state index contributed by atoms with van der Waals surface area (Å²) < 4.78 is 27.8. The number of rotatable bonds is 16. The maximum Gasteiger partial charge on any atom is 0.407 e. The van der Waals surface area contributed by atoms with Crippen molar-refractivity contribution >= 4 is 18.0 Å². The van der Waals surface area contributed by atoms with E-state index in [4.69, 9.17) is 23.7 Å². The first-order valence-corrected chi connectivity index (χ1v) is 16.1. The maximum atomic E-state index is 12.8. The molecule has 0 spiro atoms. The average Bonchev–Trinajstić information content (AvgIpc) is 2.93. The van der Waals surface area contributed by atoms with E-state index in [1.165, 1.54) is 5.57 Å². The minimum atomic E-state index is -0.643. The second-order valence-electron chi connectivity index (χ2n) is 13.6. The molecule has 0 aromatic heterocycles. The van der Waals surface area contributed by atoms with Crippen molar-refractivity contribution < 1.29 is 43.2 Å². The van der Waals surface area contributed by atoms with Crippen LogP contribution in [0.1, 0.15) is 66.7 Å². The molecule has 44 heavy (non-hydrogen) atoms. The molecule has 3 rings (SSSR count). The second kappa shape index (κ2) is 17.9. The molecule has 11 heteroatoms. The molecule has 0 bridgehead atoms. The molecule has 7 atom stereocenters. The van der Waals surface area contributed by atoms with Crippen molar-refractivity contribution in [2.24, 2.45) is 29.1 Å². The number of carbonyl (C=O) groups is 3. The van der Waals surface area contributed by atoms with E-state index in [2.05, 4.69) is 63.5 Å². The number of nitrogens with one attached hydrogen (secondary N) is 2. The average molecular weight is 623 g/mol. The zero-order valence-electron chi connectivity index (χ0n) is 27.2. The minimum absolute atomic E-state index is 0.00874. The first-order chi connectivity index (χ1) is 20.9. The van der Waals surface area contributed by atoms with Crippen LogP contribution >= 0.6 is 0 Å². The van der Waals surface area contributed by atoms with Crippen LogP contribution in [-0.4, -0.2) is 94.1 Å². The molecule has 3 N–H and O–H groups in total. The van der Waals surface area contributed by atoms with Crippen molar-refractivity contribution in [2.45, 2.75) is 85.0 Å². The number of hydrogen-bond donors (Lipinski definition) is 3. The van der Waals surface area contributed by atoms with E-state index in [9.17, 15) is 19.5 Å². The standard InChI is InChI=1S/C33H54N2O9/c1-22-16-24-7-6-23(2)27(9-8-26-18-25(36)19-30(38)43-26)31(24)28(17-22)44-32(39)34-10-11-40-12-13-41-14-15-42-20-29(37)35-21-33(3,4)5/h6-7,16,22-23,25-28,31,36H,8-15,17-21H2,1-5H3,(H,34,39)(H,35,37)/t22-,23-,25-,26-,27-,28-,31-/m0/s1. The summed E-state index contributed by atoms with van der Waals surface area (Å²) in [5.74, 6) is 0.380. The number of cyclic esters (lactones) is 1. The fourth-order valence-corrected chi connectivity index (χ4v) is 6.06. The van der Waals surface area contributed by atoms with Gasteiger partial charge in [-0.25, -0.2) is 4.79 Å². The first-order valence-electron chi connectivity index (χ1n) is 16.1. The van der Waals surface area contributed by atoms with Gasteiger partial charge in [0.25, 0.3) is 0 Å². The van der Waals surface area contributed by atoms with Crippen LogP contribution in [0.4, 0.5) is 4.79 Å². The van der Waals surface area contributed by atoms with Gasteiger partial charge < -0.3 is 39.4 Å². The van der Waals surface area contributed by atoms with Gasteiger partial charge in [0, 0.05) is 25.4 Å². The quantitative estimate of drug-likeness (QED) is 0.174. The summed E-state index contributed by atoms with van der Waals surface area (Å²) in [5.41, 5.74) is 1.23. The number of esters is 1. The van der Waals surface area contributed by atoms with E-state index in [1.54, 1.807) is 0 Å². The molecule has 0 radical (unpaired) electrons. The number of allylic oxidation sites excluding steroid dienone is 3. The molecule has 1 saturated heterocycles. The van der Waals surface area contributed by atoms with E-state index in [1.807, 2.05) is 0 Å². The van der Waals surface area contributed by atoms with E-state index in [0.717, 1.165) is 12.8 Å². The Kier molecular flexibility index (Phi) is 14.6. The number of aliphatic hydroxyl groups is 1. The Morgan fingerprint density at radius 3 is 2.41 bits per heavy atom. The van der Waals surface area contributed by atoms with Gasteiger partial charge in [-0.05, 0) is 48.0 Å². The number of carbonyl (C=O) groups excluding carboxylic acids is 3. The summed E-state index contributed by atoms with van der Waals surface area (Å²) >= 11 is 0. The summed E-state index contributed by atoms with van der Waals surface area (Å²) in [6.07, 6.45) is 7.76. The maximum absolute atomic E-state index is 12.8. The third kappa shape index (κ3) is 12.9. The lowest BCUT2D eigenvalue weighted by Gasteiger charge is -2.43. The molecular formula is C33H54N2O9. The lowest BCUT2D eigenvalue weighted by molar-refractivity contribution is -0.160. The van der Waals surface area contributed by atoms with Crippen molar-refractivity contribution in [3.8, 4) is 0 Å². The van der Waals surface area contributed by atoms with Crippen LogP contribution in [0.15, 0.2) is 23.8 Å². The molecule has 0 unspecified atom stereocenters. The molecule has 1 fully saturated rings. The lowest BCUT2D eigenvalue weighted by Crippen LogP contribution is -2.43. The molecule has 2 aliphatic carbocycles. The zero-order chi connectivity index (χ0) is 32.1. The van der Waals surface area contributed by atoms with E-state index in [-0.39, 0.29) is 66.2 Å². The van der Waals surface area contributed by atoms with Gasteiger partial charge in [0.1, 0.15) is 18.8 Å². The predicted octanol–water partition coefficient (Wildman–Crippen LogP) is 3.54. The van der Waals surface area contributed by atoms with Crippen LogP contribution in [0, 0.1) is 29.1 Å². The van der Waals surface area contributed by atoms with Gasteiger partial charge in [-0.1, -0.05) is 52.8 Å². The summed E-state index contributed by atoms with van der Waals surface area (Å²) in [6, 6.07) is 0. The van der Waals surface area contributed by atoms with Crippen molar-refractivity contribution in [1.82, 2.24) is 10.6 Å².